The molecule has 0 spiro atoms. The normalized spacial score (nSPS) is 19.7. The number of piperazine rings is 1. The second-order valence-electron chi connectivity index (χ2n) is 9.19. The molecule has 0 unspecified atom stereocenters. The molecule has 2 fully saturated rings. The van der Waals surface area contributed by atoms with Crippen LogP contribution in [0.1, 0.15) is 45.6 Å². The maximum absolute atomic E-state index is 4.90. The van der Waals surface area contributed by atoms with Crippen LogP contribution in [-0.4, -0.2) is 85.7 Å². The van der Waals surface area contributed by atoms with Crippen molar-refractivity contribution in [2.75, 3.05) is 64.3 Å². The number of aromatic nitrogens is 1. The lowest BCUT2D eigenvalue weighted by molar-refractivity contribution is 0.0982. The molecule has 7 nitrogen and oxygen atoms in total. The minimum atomic E-state index is 0.121. The molecule has 3 heterocycles. The molecule has 2 N–H and O–H groups in total. The predicted octanol–water partition coefficient (Wildman–Crippen LogP) is 2.15. The smallest absolute Gasteiger partial charge is 0.191 e. The zero-order valence-electron chi connectivity index (χ0n) is 19.5. The largest absolute Gasteiger partial charge is 0.357 e. The number of hydrogen-bond donors (Lipinski definition) is 2. The number of aliphatic imine (C=N–C) groups is 1. The maximum Gasteiger partial charge on any atom is 0.191 e. The Morgan fingerprint density at radius 2 is 1.80 bits per heavy atom. The molecule has 0 bridgehead atoms. The van der Waals surface area contributed by atoms with Crippen LogP contribution in [0.15, 0.2) is 23.3 Å². The SMILES string of the molecule is CCNC(=NCc1cccnc1N1CCN(C)CC1)NCC(C)(C)N1CCCCC1. The van der Waals surface area contributed by atoms with Gasteiger partial charge in [0, 0.05) is 56.6 Å². The Bertz CT molecular complexity index is 674. The molecular weight excluding hydrogens is 374 g/mol. The number of nitrogens with zero attached hydrogens (tertiary/aromatic N) is 5. The molecule has 7 heteroatoms. The van der Waals surface area contributed by atoms with Crippen molar-refractivity contribution in [3.8, 4) is 0 Å². The van der Waals surface area contributed by atoms with Gasteiger partial charge in [-0.2, -0.15) is 0 Å². The number of pyridine rings is 1. The molecule has 2 saturated heterocycles. The number of nitrogens with one attached hydrogen (secondary N) is 2. The van der Waals surface area contributed by atoms with E-state index in [-0.39, 0.29) is 5.54 Å². The molecule has 3 rings (SSSR count). The lowest BCUT2D eigenvalue weighted by atomic mass is 9.98. The van der Waals surface area contributed by atoms with Crippen molar-refractivity contribution in [2.45, 2.75) is 52.1 Å². The van der Waals surface area contributed by atoms with E-state index in [9.17, 15) is 0 Å². The number of likely N-dealkylation sites (tertiary alicyclic amines) is 1. The van der Waals surface area contributed by atoms with Gasteiger partial charge in [-0.3, -0.25) is 4.90 Å². The summed E-state index contributed by atoms with van der Waals surface area (Å²) in [6.45, 7) is 15.8. The highest BCUT2D eigenvalue weighted by molar-refractivity contribution is 5.79. The van der Waals surface area contributed by atoms with E-state index < -0.39 is 0 Å². The van der Waals surface area contributed by atoms with Gasteiger partial charge in [-0.1, -0.05) is 12.5 Å². The third-order valence-electron chi connectivity index (χ3n) is 6.32. The van der Waals surface area contributed by atoms with Crippen LogP contribution in [0.2, 0.25) is 0 Å². The van der Waals surface area contributed by atoms with E-state index in [2.05, 4.69) is 64.2 Å². The molecule has 0 saturated carbocycles. The zero-order chi connectivity index (χ0) is 21.4. The molecule has 0 aliphatic carbocycles. The van der Waals surface area contributed by atoms with Crippen LogP contribution in [0.3, 0.4) is 0 Å². The molecule has 30 heavy (non-hydrogen) atoms. The molecule has 0 radical (unpaired) electrons. The highest BCUT2D eigenvalue weighted by Crippen LogP contribution is 2.21. The van der Waals surface area contributed by atoms with Crippen molar-refractivity contribution < 1.29 is 0 Å². The lowest BCUT2D eigenvalue weighted by Crippen LogP contribution is -2.54. The van der Waals surface area contributed by atoms with Crippen LogP contribution in [0, 0.1) is 0 Å². The van der Waals surface area contributed by atoms with Gasteiger partial charge < -0.3 is 20.4 Å². The van der Waals surface area contributed by atoms with Crippen molar-refractivity contribution in [1.29, 1.82) is 0 Å². The summed E-state index contributed by atoms with van der Waals surface area (Å²) in [6.07, 6.45) is 5.89. The fourth-order valence-electron chi connectivity index (χ4n) is 4.27. The van der Waals surface area contributed by atoms with Gasteiger partial charge in [-0.05, 0) is 59.8 Å². The van der Waals surface area contributed by atoms with Crippen molar-refractivity contribution in [1.82, 2.24) is 25.4 Å². The molecule has 1 aromatic heterocycles. The average molecular weight is 416 g/mol. The molecule has 0 amide bonds. The number of rotatable bonds is 7. The fourth-order valence-corrected chi connectivity index (χ4v) is 4.27. The lowest BCUT2D eigenvalue weighted by Gasteiger charge is -2.41. The van der Waals surface area contributed by atoms with E-state index in [1.807, 2.05) is 12.3 Å². The number of piperidine rings is 1. The molecule has 0 atom stereocenters. The first-order valence-corrected chi connectivity index (χ1v) is 11.6. The van der Waals surface area contributed by atoms with Crippen molar-refractivity contribution in [3.05, 3.63) is 23.9 Å². The first-order valence-electron chi connectivity index (χ1n) is 11.6. The summed E-state index contributed by atoms with van der Waals surface area (Å²) < 4.78 is 0. The van der Waals surface area contributed by atoms with Crippen LogP contribution in [0.25, 0.3) is 0 Å². The second kappa shape index (κ2) is 11.0. The number of hydrogen-bond acceptors (Lipinski definition) is 5. The Morgan fingerprint density at radius 1 is 1.07 bits per heavy atom. The van der Waals surface area contributed by atoms with E-state index in [4.69, 9.17) is 4.99 Å². The predicted molar refractivity (Wildman–Crippen MR) is 126 cm³/mol. The Balaban J connectivity index is 1.63. The monoisotopic (exact) mass is 415 g/mol. The first-order chi connectivity index (χ1) is 14.5. The summed E-state index contributed by atoms with van der Waals surface area (Å²) in [5.41, 5.74) is 1.31. The fraction of sp³-hybridized carbons (Fsp3) is 0.739. The summed E-state index contributed by atoms with van der Waals surface area (Å²) in [5.74, 6) is 1.97. The Hall–Kier alpha value is -1.86. The topological polar surface area (TPSA) is 59.0 Å². The van der Waals surface area contributed by atoms with Crippen LogP contribution in [0.4, 0.5) is 5.82 Å². The average Bonchev–Trinajstić information content (AvgIpc) is 2.77. The molecule has 2 aliphatic rings. The van der Waals surface area contributed by atoms with E-state index in [1.165, 1.54) is 37.9 Å². The molecule has 168 valence electrons. The van der Waals surface area contributed by atoms with Crippen LogP contribution >= 0.6 is 0 Å². The first kappa shape index (κ1) is 22.8. The van der Waals surface area contributed by atoms with Crippen LogP contribution < -0.4 is 15.5 Å². The Morgan fingerprint density at radius 3 is 2.50 bits per heavy atom. The van der Waals surface area contributed by atoms with Gasteiger partial charge in [0.1, 0.15) is 5.82 Å². The highest BCUT2D eigenvalue weighted by Gasteiger charge is 2.28. The molecule has 0 aromatic carbocycles. The van der Waals surface area contributed by atoms with E-state index in [0.717, 1.165) is 51.0 Å². The quantitative estimate of drug-likeness (QED) is 0.526. The van der Waals surface area contributed by atoms with Gasteiger partial charge in [0.05, 0.1) is 6.54 Å². The highest BCUT2D eigenvalue weighted by atomic mass is 15.3. The third kappa shape index (κ3) is 6.32. The summed E-state index contributed by atoms with van der Waals surface area (Å²) in [4.78, 5) is 17.0. The Kier molecular flexibility index (Phi) is 8.33. The maximum atomic E-state index is 4.90. The van der Waals surface area contributed by atoms with Crippen molar-refractivity contribution >= 4 is 11.8 Å². The second-order valence-corrected chi connectivity index (χ2v) is 9.19. The molecular formula is C23H41N7. The van der Waals surface area contributed by atoms with Crippen LogP contribution in [-0.2, 0) is 6.54 Å². The number of guanidine groups is 1. The summed E-state index contributed by atoms with van der Waals surface area (Å²) in [7, 11) is 2.18. The van der Waals surface area contributed by atoms with E-state index >= 15 is 0 Å². The van der Waals surface area contributed by atoms with Gasteiger partial charge in [0.2, 0.25) is 0 Å². The van der Waals surface area contributed by atoms with E-state index in [1.54, 1.807) is 0 Å². The van der Waals surface area contributed by atoms with Crippen molar-refractivity contribution in [2.24, 2.45) is 4.99 Å². The van der Waals surface area contributed by atoms with Gasteiger partial charge in [-0.25, -0.2) is 9.98 Å². The summed E-state index contributed by atoms with van der Waals surface area (Å²) in [6, 6.07) is 4.18. The molecule has 2 aliphatic heterocycles. The van der Waals surface area contributed by atoms with Crippen LogP contribution in [0.5, 0.6) is 0 Å². The minimum absolute atomic E-state index is 0.121. The summed E-state index contributed by atoms with van der Waals surface area (Å²) >= 11 is 0. The van der Waals surface area contributed by atoms with Gasteiger partial charge in [0.15, 0.2) is 5.96 Å². The van der Waals surface area contributed by atoms with Gasteiger partial charge in [-0.15, -0.1) is 0 Å². The Labute approximate surface area is 182 Å². The van der Waals surface area contributed by atoms with E-state index in [0.29, 0.717) is 6.54 Å². The minimum Gasteiger partial charge on any atom is -0.357 e. The zero-order valence-corrected chi connectivity index (χ0v) is 19.5. The number of anilines is 1. The summed E-state index contributed by atoms with van der Waals surface area (Å²) in [5, 5.41) is 7.00. The third-order valence-corrected chi connectivity index (χ3v) is 6.32. The standard InChI is InChI=1S/C23H41N7/c1-5-24-22(27-19-23(2,3)30-12-7-6-8-13-30)26-18-20-10-9-11-25-21(20)29-16-14-28(4)15-17-29/h9-11H,5-8,12-19H2,1-4H3,(H2,24,26,27). The van der Waals surface area contributed by atoms with Gasteiger partial charge in [0.25, 0.3) is 0 Å². The van der Waals surface area contributed by atoms with Gasteiger partial charge >= 0.3 is 0 Å². The van der Waals surface area contributed by atoms with Crippen molar-refractivity contribution in [3.63, 3.8) is 0 Å². The molecule has 1 aromatic rings. The number of likely N-dealkylation sites (N-methyl/N-ethyl adjacent to an activating group) is 1.